The molecule has 0 atom stereocenters. The Morgan fingerprint density at radius 3 is 2.93 bits per heavy atom. The molecule has 1 aromatic rings. The van der Waals surface area contributed by atoms with Crippen LogP contribution in [0.1, 0.15) is 31.8 Å². The van der Waals surface area contributed by atoms with Crippen molar-refractivity contribution >= 4 is 12.2 Å². The van der Waals surface area contributed by atoms with Gasteiger partial charge in [-0.3, -0.25) is 0 Å². The van der Waals surface area contributed by atoms with E-state index < -0.39 is 0 Å². The molecule has 4 heteroatoms. The van der Waals surface area contributed by atoms with Gasteiger partial charge in [0, 0.05) is 12.3 Å². The highest BCUT2D eigenvalue weighted by Crippen LogP contribution is 2.02. The summed E-state index contributed by atoms with van der Waals surface area (Å²) in [6.07, 6.45) is 2.11. The number of rotatable bonds is 5. The first kappa shape index (κ1) is 11.3. The van der Waals surface area contributed by atoms with Gasteiger partial charge in [-0.25, -0.2) is 4.98 Å². The number of hydrogen-bond donors (Lipinski definition) is 1. The molecule has 0 aliphatic carbocycles. The van der Waals surface area contributed by atoms with Gasteiger partial charge in [-0.15, -0.1) is 0 Å². The molecule has 0 radical (unpaired) electrons. The van der Waals surface area contributed by atoms with Crippen LogP contribution < -0.4 is 0 Å². The number of aromatic nitrogens is 2. The largest absolute Gasteiger partial charge is 0.374 e. The third kappa shape index (κ3) is 3.55. The van der Waals surface area contributed by atoms with Gasteiger partial charge >= 0.3 is 0 Å². The average molecular weight is 212 g/mol. The number of nitrogens with zero attached hydrogens (tertiary/aromatic N) is 1. The summed E-state index contributed by atoms with van der Waals surface area (Å²) in [4.78, 5) is 7.41. The quantitative estimate of drug-likeness (QED) is 0.762. The van der Waals surface area contributed by atoms with E-state index in [1.54, 1.807) is 0 Å². The third-order valence-electron chi connectivity index (χ3n) is 1.81. The van der Waals surface area contributed by atoms with E-state index in [9.17, 15) is 0 Å². The van der Waals surface area contributed by atoms with Crippen LogP contribution in [0.25, 0.3) is 0 Å². The summed E-state index contributed by atoms with van der Waals surface area (Å²) in [5.41, 5.74) is 1.14. The normalized spacial score (nSPS) is 10.4. The van der Waals surface area contributed by atoms with Crippen molar-refractivity contribution in [3.63, 3.8) is 0 Å². The molecule has 1 N–H and O–H groups in total. The van der Waals surface area contributed by atoms with E-state index >= 15 is 0 Å². The highest BCUT2D eigenvalue weighted by atomic mass is 32.1. The Kier molecular flexibility index (Phi) is 4.76. The molecule has 3 nitrogen and oxygen atoms in total. The molecule has 1 heterocycles. The molecule has 1 aromatic heterocycles. The van der Waals surface area contributed by atoms with E-state index in [1.807, 2.05) is 13.0 Å². The van der Waals surface area contributed by atoms with Crippen LogP contribution in [0.15, 0.2) is 6.07 Å². The molecule has 1 rings (SSSR count). The second kappa shape index (κ2) is 5.88. The lowest BCUT2D eigenvalue weighted by Crippen LogP contribution is -2.02. The number of hydrogen-bond acceptors (Lipinski definition) is 3. The van der Waals surface area contributed by atoms with Crippen molar-refractivity contribution in [1.82, 2.24) is 9.97 Å². The van der Waals surface area contributed by atoms with Crippen LogP contribution in [-0.4, -0.2) is 16.6 Å². The van der Waals surface area contributed by atoms with Crippen LogP contribution in [0.5, 0.6) is 0 Å². The molecule has 0 amide bonds. The molecule has 0 aromatic carbocycles. The fraction of sp³-hybridized carbons (Fsp3) is 0.600. The average Bonchev–Trinajstić information content (AvgIpc) is 2.14. The summed E-state index contributed by atoms with van der Waals surface area (Å²) < 4.78 is 5.91. The fourth-order valence-electron chi connectivity index (χ4n) is 1.23. The van der Waals surface area contributed by atoms with Gasteiger partial charge in [0.2, 0.25) is 0 Å². The van der Waals surface area contributed by atoms with E-state index in [1.165, 1.54) is 0 Å². The molecule has 0 unspecified atom stereocenters. The van der Waals surface area contributed by atoms with Crippen LogP contribution in [0.2, 0.25) is 0 Å². The Labute approximate surface area is 89.5 Å². The van der Waals surface area contributed by atoms with Gasteiger partial charge in [-0.1, -0.05) is 25.6 Å². The summed E-state index contributed by atoms with van der Waals surface area (Å²) in [6.45, 7) is 5.31. The molecule has 0 spiro atoms. The maximum atomic E-state index is 5.27. The maximum Gasteiger partial charge on any atom is 0.134 e. The summed E-state index contributed by atoms with van der Waals surface area (Å²) in [7, 11) is 0. The first-order valence-electron chi connectivity index (χ1n) is 4.93. The number of aromatic amines is 1. The van der Waals surface area contributed by atoms with Crippen molar-refractivity contribution in [3.05, 3.63) is 22.2 Å². The lowest BCUT2D eigenvalue weighted by Gasteiger charge is -2.04. The monoisotopic (exact) mass is 212 g/mol. The highest BCUT2D eigenvalue weighted by molar-refractivity contribution is 7.71. The summed E-state index contributed by atoms with van der Waals surface area (Å²) >= 11 is 5.07. The first-order chi connectivity index (χ1) is 6.76. The third-order valence-corrected chi connectivity index (χ3v) is 2.02. The Hall–Kier alpha value is -0.740. The maximum absolute atomic E-state index is 5.27. The number of ether oxygens (including phenoxy) is 1. The van der Waals surface area contributed by atoms with E-state index in [4.69, 9.17) is 17.0 Å². The summed E-state index contributed by atoms with van der Waals surface area (Å²) in [6, 6.07) is 1.91. The molecule has 14 heavy (non-hydrogen) atoms. The van der Waals surface area contributed by atoms with Gasteiger partial charge in [-0.05, 0) is 19.4 Å². The van der Waals surface area contributed by atoms with Crippen LogP contribution in [-0.2, 0) is 17.8 Å². The van der Waals surface area contributed by atoms with Gasteiger partial charge in [0.25, 0.3) is 0 Å². The zero-order valence-electron chi connectivity index (χ0n) is 8.67. The minimum absolute atomic E-state index is 0.512. The Morgan fingerprint density at radius 1 is 1.50 bits per heavy atom. The van der Waals surface area contributed by atoms with Crippen LogP contribution in [0, 0.1) is 4.64 Å². The van der Waals surface area contributed by atoms with E-state index in [-0.39, 0.29) is 0 Å². The van der Waals surface area contributed by atoms with Gasteiger partial charge in [0.1, 0.15) is 17.1 Å². The number of H-pyrrole nitrogens is 1. The lowest BCUT2D eigenvalue weighted by molar-refractivity contribution is 0.128. The second-order valence-electron chi connectivity index (χ2n) is 3.08. The van der Waals surface area contributed by atoms with Gasteiger partial charge < -0.3 is 9.72 Å². The smallest absolute Gasteiger partial charge is 0.134 e. The standard InChI is InChI=1S/C10H16N2OS/c1-3-5-8-6-10(14)12-9(11-8)7-13-4-2/h6H,3-5,7H2,1-2H3,(H,11,12,14). The molecule has 0 aliphatic rings. The molecule has 0 saturated carbocycles. The number of aryl methyl sites for hydroxylation is 1. The van der Waals surface area contributed by atoms with Gasteiger partial charge in [0.15, 0.2) is 0 Å². The van der Waals surface area contributed by atoms with Crippen molar-refractivity contribution < 1.29 is 4.74 Å². The predicted octanol–water partition coefficient (Wildman–Crippen LogP) is 2.63. The van der Waals surface area contributed by atoms with Crippen LogP contribution >= 0.6 is 12.2 Å². The molecule has 0 aliphatic heterocycles. The molecule has 0 saturated heterocycles. The van der Waals surface area contributed by atoms with E-state index in [0.717, 1.165) is 24.4 Å². The highest BCUT2D eigenvalue weighted by Gasteiger charge is 1.98. The summed E-state index contributed by atoms with van der Waals surface area (Å²) in [5, 5.41) is 0. The summed E-state index contributed by atoms with van der Waals surface area (Å²) in [5.74, 6) is 0.822. The van der Waals surface area contributed by atoms with Crippen molar-refractivity contribution in [2.45, 2.75) is 33.3 Å². The van der Waals surface area contributed by atoms with Gasteiger partial charge in [-0.2, -0.15) is 0 Å². The minimum atomic E-state index is 0.512. The first-order valence-corrected chi connectivity index (χ1v) is 5.34. The molecular weight excluding hydrogens is 196 g/mol. The molecule has 0 bridgehead atoms. The zero-order valence-corrected chi connectivity index (χ0v) is 9.49. The van der Waals surface area contributed by atoms with E-state index in [0.29, 0.717) is 17.9 Å². The topological polar surface area (TPSA) is 37.9 Å². The second-order valence-corrected chi connectivity index (χ2v) is 3.50. The van der Waals surface area contributed by atoms with Crippen molar-refractivity contribution in [3.8, 4) is 0 Å². The molecule has 0 fully saturated rings. The van der Waals surface area contributed by atoms with Crippen LogP contribution in [0.4, 0.5) is 0 Å². The fourth-order valence-corrected chi connectivity index (χ4v) is 1.49. The Bertz CT molecular complexity index is 335. The lowest BCUT2D eigenvalue weighted by atomic mass is 10.2. The zero-order chi connectivity index (χ0) is 10.4. The van der Waals surface area contributed by atoms with Crippen molar-refractivity contribution in [2.75, 3.05) is 6.61 Å². The van der Waals surface area contributed by atoms with E-state index in [2.05, 4.69) is 16.9 Å². The van der Waals surface area contributed by atoms with Crippen molar-refractivity contribution in [1.29, 1.82) is 0 Å². The minimum Gasteiger partial charge on any atom is -0.374 e. The Morgan fingerprint density at radius 2 is 2.29 bits per heavy atom. The molecular formula is C10H16N2OS. The predicted molar refractivity (Wildman–Crippen MR) is 58.7 cm³/mol. The SMILES string of the molecule is CCCc1cc(=S)nc(COCC)[nH]1. The Balaban J connectivity index is 2.78. The molecule has 78 valence electrons. The van der Waals surface area contributed by atoms with Gasteiger partial charge in [0.05, 0.1) is 0 Å². The van der Waals surface area contributed by atoms with Crippen molar-refractivity contribution in [2.24, 2.45) is 0 Å². The van der Waals surface area contributed by atoms with Crippen LogP contribution in [0.3, 0.4) is 0 Å². The number of nitrogens with one attached hydrogen (secondary N) is 1.